The van der Waals surface area contributed by atoms with Crippen molar-refractivity contribution in [1.29, 1.82) is 0 Å². The zero-order chi connectivity index (χ0) is 15.1. The van der Waals surface area contributed by atoms with Crippen molar-refractivity contribution in [1.82, 2.24) is 0 Å². The molecule has 0 aromatic heterocycles. The molecule has 0 amide bonds. The number of benzene rings is 1. The number of nitrogens with one attached hydrogen (secondary N) is 1. The maximum atomic E-state index is 3.73. The molecule has 0 saturated heterocycles. The Balaban J connectivity index is 1.76. The van der Waals surface area contributed by atoms with E-state index in [1.54, 1.807) is 0 Å². The van der Waals surface area contributed by atoms with Gasteiger partial charge in [-0.05, 0) is 68.1 Å². The van der Waals surface area contributed by atoms with E-state index in [1.165, 1.54) is 62.6 Å². The summed E-state index contributed by atoms with van der Waals surface area (Å²) in [6.07, 6.45) is 10.7. The average Bonchev–Trinajstić information content (AvgIpc) is 2.50. The van der Waals surface area contributed by atoms with Crippen LogP contribution >= 0.6 is 0 Å². The molecule has 0 bridgehead atoms. The van der Waals surface area contributed by atoms with Crippen molar-refractivity contribution in [3.05, 3.63) is 29.8 Å². The van der Waals surface area contributed by atoms with Crippen LogP contribution in [0.5, 0.6) is 0 Å². The van der Waals surface area contributed by atoms with Gasteiger partial charge in [0, 0.05) is 11.7 Å². The molecule has 0 radical (unpaired) electrons. The van der Waals surface area contributed by atoms with Gasteiger partial charge in [-0.25, -0.2) is 0 Å². The molecule has 0 aliphatic heterocycles. The lowest BCUT2D eigenvalue weighted by Crippen LogP contribution is -2.27. The predicted octanol–water partition coefficient (Wildman–Crippen LogP) is 6.05. The summed E-state index contributed by atoms with van der Waals surface area (Å²) in [5.41, 5.74) is 2.79. The summed E-state index contributed by atoms with van der Waals surface area (Å²) in [7, 11) is 0. The monoisotopic (exact) mass is 287 g/mol. The van der Waals surface area contributed by atoms with Crippen molar-refractivity contribution < 1.29 is 0 Å². The molecule has 118 valence electrons. The van der Waals surface area contributed by atoms with E-state index in [2.05, 4.69) is 50.4 Å². The van der Waals surface area contributed by atoms with Gasteiger partial charge in [-0.3, -0.25) is 0 Å². The minimum atomic E-state index is 0.686. The third kappa shape index (κ3) is 5.37. The Hall–Kier alpha value is -0.980. The quantitative estimate of drug-likeness (QED) is 0.602. The van der Waals surface area contributed by atoms with Crippen molar-refractivity contribution in [2.45, 2.75) is 78.2 Å². The van der Waals surface area contributed by atoms with Crippen molar-refractivity contribution in [2.24, 2.45) is 11.8 Å². The molecule has 1 N–H and O–H groups in total. The molecule has 0 heterocycles. The van der Waals surface area contributed by atoms with E-state index in [-0.39, 0.29) is 0 Å². The van der Waals surface area contributed by atoms with Gasteiger partial charge in [0.15, 0.2) is 0 Å². The molecule has 1 aromatic rings. The summed E-state index contributed by atoms with van der Waals surface area (Å²) in [6, 6.07) is 9.84. The standard InChI is InChI=1S/C20H33N/c1-4-5-6-7-17-8-12-19(13-9-17)21-20-14-10-18(11-15-20)16(2)3/h8-9,12-13,16,18,20-21H,4-7,10-11,14-15H2,1-3H3. The number of rotatable bonds is 7. The molecule has 1 aliphatic carbocycles. The van der Waals surface area contributed by atoms with Crippen molar-refractivity contribution in [3.63, 3.8) is 0 Å². The third-order valence-corrected chi connectivity index (χ3v) is 5.11. The number of unbranched alkanes of at least 4 members (excludes halogenated alkanes) is 2. The van der Waals surface area contributed by atoms with Gasteiger partial charge in [-0.15, -0.1) is 0 Å². The van der Waals surface area contributed by atoms with Gasteiger partial charge in [-0.2, -0.15) is 0 Å². The van der Waals surface area contributed by atoms with E-state index >= 15 is 0 Å². The zero-order valence-electron chi connectivity index (χ0n) is 14.2. The van der Waals surface area contributed by atoms with E-state index in [9.17, 15) is 0 Å². The molecule has 1 aromatic carbocycles. The van der Waals surface area contributed by atoms with Crippen molar-refractivity contribution in [3.8, 4) is 0 Å². The first-order chi connectivity index (χ1) is 10.2. The second-order valence-electron chi connectivity index (χ2n) is 7.15. The van der Waals surface area contributed by atoms with Crippen molar-refractivity contribution >= 4 is 5.69 Å². The van der Waals surface area contributed by atoms with Crippen LogP contribution in [0.4, 0.5) is 5.69 Å². The van der Waals surface area contributed by atoms with Crippen LogP contribution in [0.1, 0.15) is 71.3 Å². The molecule has 1 nitrogen and oxygen atoms in total. The lowest BCUT2D eigenvalue weighted by molar-refractivity contribution is 0.267. The maximum Gasteiger partial charge on any atom is 0.0342 e. The normalized spacial score (nSPS) is 22.5. The van der Waals surface area contributed by atoms with Crippen LogP contribution in [-0.2, 0) is 6.42 Å². The Labute approximate surface area is 131 Å². The Morgan fingerprint density at radius 1 is 1.00 bits per heavy atom. The average molecular weight is 287 g/mol. The van der Waals surface area contributed by atoms with Crippen LogP contribution < -0.4 is 5.32 Å². The highest BCUT2D eigenvalue weighted by molar-refractivity contribution is 5.45. The predicted molar refractivity (Wildman–Crippen MR) is 93.9 cm³/mol. The minimum Gasteiger partial charge on any atom is -0.382 e. The first-order valence-electron chi connectivity index (χ1n) is 9.04. The van der Waals surface area contributed by atoms with Crippen LogP contribution in [0.15, 0.2) is 24.3 Å². The summed E-state index contributed by atoms with van der Waals surface area (Å²) in [5, 5.41) is 3.73. The van der Waals surface area contributed by atoms with Gasteiger partial charge in [0.1, 0.15) is 0 Å². The number of aryl methyl sites for hydroxylation is 1. The Kier molecular flexibility index (Phi) is 6.60. The number of hydrogen-bond donors (Lipinski definition) is 1. The van der Waals surface area contributed by atoms with E-state index in [1.807, 2.05) is 0 Å². The number of anilines is 1. The van der Waals surface area contributed by atoms with Gasteiger partial charge < -0.3 is 5.32 Å². The second-order valence-corrected chi connectivity index (χ2v) is 7.15. The SMILES string of the molecule is CCCCCc1ccc(NC2CCC(C(C)C)CC2)cc1. The fourth-order valence-corrected chi connectivity index (χ4v) is 3.51. The first-order valence-corrected chi connectivity index (χ1v) is 9.04. The van der Waals surface area contributed by atoms with Gasteiger partial charge in [0.05, 0.1) is 0 Å². The summed E-state index contributed by atoms with van der Waals surface area (Å²) < 4.78 is 0. The van der Waals surface area contributed by atoms with Crippen LogP contribution in [-0.4, -0.2) is 6.04 Å². The highest BCUT2D eigenvalue weighted by atomic mass is 14.9. The Bertz CT molecular complexity index is 385. The van der Waals surface area contributed by atoms with E-state index < -0.39 is 0 Å². The Morgan fingerprint density at radius 2 is 1.67 bits per heavy atom. The summed E-state index contributed by atoms with van der Waals surface area (Å²) in [6.45, 7) is 7.01. The molecule has 21 heavy (non-hydrogen) atoms. The summed E-state index contributed by atoms with van der Waals surface area (Å²) in [4.78, 5) is 0. The Morgan fingerprint density at radius 3 is 2.24 bits per heavy atom. The molecule has 0 unspecified atom stereocenters. The maximum absolute atomic E-state index is 3.73. The van der Waals surface area contributed by atoms with Gasteiger partial charge in [-0.1, -0.05) is 45.7 Å². The van der Waals surface area contributed by atoms with Crippen LogP contribution in [0.25, 0.3) is 0 Å². The fourth-order valence-electron chi connectivity index (χ4n) is 3.51. The highest BCUT2D eigenvalue weighted by Gasteiger charge is 2.22. The van der Waals surface area contributed by atoms with E-state index in [0.717, 1.165) is 11.8 Å². The molecule has 1 saturated carbocycles. The minimum absolute atomic E-state index is 0.686. The molecule has 0 spiro atoms. The highest BCUT2D eigenvalue weighted by Crippen LogP contribution is 2.31. The molecule has 0 atom stereocenters. The van der Waals surface area contributed by atoms with Crippen LogP contribution in [0, 0.1) is 11.8 Å². The molecule has 1 fully saturated rings. The third-order valence-electron chi connectivity index (χ3n) is 5.11. The van der Waals surface area contributed by atoms with Gasteiger partial charge >= 0.3 is 0 Å². The molecule has 1 heteroatoms. The number of hydrogen-bond acceptors (Lipinski definition) is 1. The van der Waals surface area contributed by atoms with E-state index in [0.29, 0.717) is 6.04 Å². The molecular formula is C20H33N. The fraction of sp³-hybridized carbons (Fsp3) is 0.700. The van der Waals surface area contributed by atoms with Crippen LogP contribution in [0.2, 0.25) is 0 Å². The smallest absolute Gasteiger partial charge is 0.0342 e. The summed E-state index contributed by atoms with van der Waals surface area (Å²) in [5.74, 6) is 1.80. The van der Waals surface area contributed by atoms with E-state index in [4.69, 9.17) is 0 Å². The molecular weight excluding hydrogens is 254 g/mol. The largest absolute Gasteiger partial charge is 0.382 e. The topological polar surface area (TPSA) is 12.0 Å². The van der Waals surface area contributed by atoms with Crippen LogP contribution in [0.3, 0.4) is 0 Å². The molecule has 2 rings (SSSR count). The summed E-state index contributed by atoms with van der Waals surface area (Å²) >= 11 is 0. The van der Waals surface area contributed by atoms with Crippen molar-refractivity contribution in [2.75, 3.05) is 5.32 Å². The lowest BCUT2D eigenvalue weighted by Gasteiger charge is -2.31. The lowest BCUT2D eigenvalue weighted by atomic mass is 9.79. The van der Waals surface area contributed by atoms with Gasteiger partial charge in [0.25, 0.3) is 0 Å². The second kappa shape index (κ2) is 8.46. The van der Waals surface area contributed by atoms with Gasteiger partial charge in [0.2, 0.25) is 0 Å². The zero-order valence-corrected chi connectivity index (χ0v) is 14.2. The first kappa shape index (κ1) is 16.4. The molecule has 1 aliphatic rings.